The molecule has 0 aromatic heterocycles. The molecule has 23 aromatic rings. The second-order valence-corrected chi connectivity index (χ2v) is 31.7. The fraction of sp³-hybridized carbons (Fsp3) is 0.236. The molecule has 0 heterocycles. The van der Waals surface area contributed by atoms with Crippen molar-refractivity contribution in [3.63, 3.8) is 0 Å². The maximum absolute atomic E-state index is 2.28. The standard InChI is InChI=1S/C16H14.5C15H12.2C11H10.C7H8.12C2H6/c1-11-7-8-13-10-12(2)14-5-3-4-6-15(14)16(13)9-11;1-11-14-8-4-2-6-12(14)10-13-7-3-5-9-15(11)13;1-11-10-12-6-2-3-8-14(12)15-9-5-4-7-13(11)15;1-11-5-4-8-14-9-12-6-2-3-7-13(12)10-15(11)14;1-11-6-9-15-13(10-11)8-7-12-4-2-3-5-14(12)15;1-11-6-7-14-9-12-4-2-3-5-13(12)10-15(14)8-11;1-9-5-4-7-10-6-2-3-8-11(9)10;1-9-6-7-10-4-2-3-5-11(10)8-9;1-7-5-3-2-4-6-7;12*1-2/h3-10H,1-2H3;5*2-10H,1H3;2*2-8H,1H3;2-6H,1H3;12*1-2H3. The first-order valence-electron chi connectivity index (χ1n) is 53.8. The van der Waals surface area contributed by atoms with Gasteiger partial charge in [-0.25, -0.2) is 0 Å². The molecule has 0 atom stereocenters. The van der Waals surface area contributed by atoms with E-state index in [1.807, 2.05) is 184 Å². The van der Waals surface area contributed by atoms with Gasteiger partial charge in [-0.05, 0) is 278 Å². The summed E-state index contributed by atoms with van der Waals surface area (Å²) in [5.74, 6) is 0. The Kier molecular flexibility index (Phi) is 61.2. The fourth-order valence-corrected chi connectivity index (χ4v) is 16.4. The summed E-state index contributed by atoms with van der Waals surface area (Å²) >= 11 is 0. The third kappa shape index (κ3) is 36.6. The highest BCUT2D eigenvalue weighted by Gasteiger charge is 2.08. The molecule has 0 nitrogen and oxygen atoms in total. The SMILES string of the molecule is CC.CC.CC.CC.CC.CC.CC.CC.CC.CC.CC.CC.Cc1c2ccccc2cc2ccccc12.Cc1cc2ccccc2c2ccccc12.Cc1ccc2c(ccc3ccccc32)c1.Cc1ccc2cc(C)c3ccccc3c2c1.Cc1ccc2cc3ccccc3cc2c1.Cc1ccc2ccccc2c1.Cc1cccc2cc3ccccc3cc12.Cc1cccc2ccccc12.Cc1ccccc1. The summed E-state index contributed by atoms with van der Waals surface area (Å²) in [6.45, 7) is 69.5. The van der Waals surface area contributed by atoms with E-state index >= 15 is 0 Å². The van der Waals surface area contributed by atoms with Crippen LogP contribution >= 0.6 is 0 Å². The van der Waals surface area contributed by atoms with E-state index in [9.17, 15) is 0 Å². The highest BCUT2D eigenvalue weighted by Crippen LogP contribution is 2.34. The van der Waals surface area contributed by atoms with Crippen molar-refractivity contribution < 1.29 is 0 Å². The van der Waals surface area contributed by atoms with E-state index in [0.717, 1.165) is 0 Å². The van der Waals surface area contributed by atoms with Crippen LogP contribution in [0.15, 0.2) is 437 Å². The Hall–Kier alpha value is -14.3. The summed E-state index contributed by atoms with van der Waals surface area (Å²) in [6.07, 6.45) is 0. The Morgan fingerprint density at radius 2 is 0.312 bits per heavy atom. The van der Waals surface area contributed by atoms with Crippen LogP contribution in [0.4, 0.5) is 0 Å². The van der Waals surface area contributed by atoms with Crippen molar-refractivity contribution in [1.82, 2.24) is 0 Å². The van der Waals surface area contributed by atoms with Crippen LogP contribution in [0.2, 0.25) is 0 Å². The van der Waals surface area contributed by atoms with Crippen LogP contribution in [0.25, 0.3) is 151 Å². The van der Waals surface area contributed by atoms with Gasteiger partial charge in [0.1, 0.15) is 0 Å². The zero-order valence-corrected chi connectivity index (χ0v) is 94.6. The quantitative estimate of drug-likeness (QED) is 0.105. The second-order valence-electron chi connectivity index (χ2n) is 31.7. The molecule has 0 fully saturated rings. The molecule has 0 aliphatic carbocycles. The summed E-state index contributed by atoms with van der Waals surface area (Å²) in [5, 5.41) is 37.4. The topological polar surface area (TPSA) is 0 Å². The zero-order valence-electron chi connectivity index (χ0n) is 94.6. The number of hydrogen-bond acceptors (Lipinski definition) is 0. The van der Waals surface area contributed by atoms with Crippen molar-refractivity contribution in [3.05, 3.63) is 492 Å². The van der Waals surface area contributed by atoms with Gasteiger partial charge in [-0.1, -0.05) is 600 Å². The van der Waals surface area contributed by atoms with Crippen LogP contribution in [0, 0.1) is 69.2 Å². The molecular weight excluding hydrogens is 1730 g/mol. The zero-order chi connectivity index (χ0) is 107. The Bertz CT molecular complexity index is 7390. The molecule has 0 heteroatoms. The molecule has 0 unspecified atom stereocenters. The second kappa shape index (κ2) is 71.2. The summed E-state index contributed by atoms with van der Waals surface area (Å²) < 4.78 is 0. The summed E-state index contributed by atoms with van der Waals surface area (Å²) in [5.41, 5.74) is 13.4. The molecule has 23 rings (SSSR count). The summed E-state index contributed by atoms with van der Waals surface area (Å²) in [4.78, 5) is 0. The van der Waals surface area contributed by atoms with Crippen molar-refractivity contribution in [3.8, 4) is 0 Å². The van der Waals surface area contributed by atoms with Crippen molar-refractivity contribution >= 4 is 151 Å². The van der Waals surface area contributed by atoms with Crippen LogP contribution in [0.1, 0.15) is 222 Å². The molecule has 0 spiro atoms. The van der Waals surface area contributed by atoms with Crippen LogP contribution in [0.5, 0.6) is 0 Å². The van der Waals surface area contributed by atoms with Gasteiger partial charge in [0.15, 0.2) is 0 Å². The van der Waals surface area contributed by atoms with E-state index in [2.05, 4.69) is 488 Å². The average Bonchev–Trinajstić information content (AvgIpc) is 0.795. The fourth-order valence-electron chi connectivity index (χ4n) is 16.4. The van der Waals surface area contributed by atoms with Gasteiger partial charge in [-0.3, -0.25) is 0 Å². The number of benzene rings is 23. The molecular formula is C144H174. The lowest BCUT2D eigenvalue weighted by molar-refractivity contribution is 1.48. The van der Waals surface area contributed by atoms with E-state index in [0.29, 0.717) is 0 Å². The largest absolute Gasteiger partial charge is 0.0683 e. The van der Waals surface area contributed by atoms with E-state index < -0.39 is 0 Å². The van der Waals surface area contributed by atoms with Crippen molar-refractivity contribution in [1.29, 1.82) is 0 Å². The first kappa shape index (κ1) is 124. The minimum atomic E-state index is 1.31. The van der Waals surface area contributed by atoms with Crippen LogP contribution in [0.3, 0.4) is 0 Å². The van der Waals surface area contributed by atoms with Crippen molar-refractivity contribution in [2.75, 3.05) is 0 Å². The van der Waals surface area contributed by atoms with E-state index in [-0.39, 0.29) is 0 Å². The van der Waals surface area contributed by atoms with Gasteiger partial charge in [-0.15, -0.1) is 0 Å². The monoisotopic (exact) mass is 1900 g/mol. The molecule has 0 aliphatic heterocycles. The predicted octanol–water partition coefficient (Wildman–Crippen LogP) is 46.7. The molecule has 0 saturated heterocycles. The molecule has 23 aromatic carbocycles. The van der Waals surface area contributed by atoms with E-state index in [1.165, 1.54) is 206 Å². The molecule has 0 aliphatic rings. The molecule has 144 heavy (non-hydrogen) atoms. The molecule has 750 valence electrons. The molecule has 0 bridgehead atoms. The van der Waals surface area contributed by atoms with Crippen LogP contribution < -0.4 is 0 Å². The van der Waals surface area contributed by atoms with E-state index in [1.54, 1.807) is 0 Å². The third-order valence-corrected chi connectivity index (χ3v) is 22.8. The number of hydrogen-bond donors (Lipinski definition) is 0. The Morgan fingerprint density at radius 1 is 0.0903 bits per heavy atom. The van der Waals surface area contributed by atoms with E-state index in [4.69, 9.17) is 0 Å². The van der Waals surface area contributed by atoms with Crippen molar-refractivity contribution in [2.24, 2.45) is 0 Å². The predicted molar refractivity (Wildman–Crippen MR) is 667 cm³/mol. The summed E-state index contributed by atoms with van der Waals surface area (Å²) in [7, 11) is 0. The van der Waals surface area contributed by atoms with Gasteiger partial charge >= 0.3 is 0 Å². The lowest BCUT2D eigenvalue weighted by Gasteiger charge is -2.07. The maximum Gasteiger partial charge on any atom is -0.0103 e. The Balaban J connectivity index is 0.000000407. The molecule has 0 amide bonds. The van der Waals surface area contributed by atoms with Gasteiger partial charge in [-0.2, -0.15) is 0 Å². The first-order valence-corrected chi connectivity index (χ1v) is 53.8. The lowest BCUT2D eigenvalue weighted by Crippen LogP contribution is -1.83. The minimum absolute atomic E-state index is 1.31. The average molecular weight is 1900 g/mol. The summed E-state index contributed by atoms with van der Waals surface area (Å²) in [6, 6.07) is 155. The lowest BCUT2D eigenvalue weighted by atomic mass is 9.97. The normalized spacial score (nSPS) is 9.46. The van der Waals surface area contributed by atoms with Gasteiger partial charge in [0.05, 0.1) is 0 Å². The van der Waals surface area contributed by atoms with Gasteiger partial charge < -0.3 is 0 Å². The number of rotatable bonds is 0. The smallest absolute Gasteiger partial charge is 0.0103 e. The first-order chi connectivity index (χ1) is 70.6. The third-order valence-electron chi connectivity index (χ3n) is 22.8. The Labute approximate surface area is 872 Å². The van der Waals surface area contributed by atoms with Crippen LogP contribution in [-0.2, 0) is 0 Å². The van der Waals surface area contributed by atoms with Gasteiger partial charge in [0.2, 0.25) is 0 Å². The molecule has 0 saturated carbocycles. The minimum Gasteiger partial charge on any atom is -0.0683 e. The number of fused-ring (bicyclic) bond motifs is 17. The maximum atomic E-state index is 2.28. The van der Waals surface area contributed by atoms with Gasteiger partial charge in [0.25, 0.3) is 0 Å². The highest BCUT2D eigenvalue weighted by atomic mass is 14.1. The molecule has 0 radical (unpaired) electrons. The van der Waals surface area contributed by atoms with Gasteiger partial charge in [0, 0.05) is 0 Å². The van der Waals surface area contributed by atoms with Crippen LogP contribution in [-0.4, -0.2) is 0 Å². The number of aryl methyl sites for hydroxylation is 10. The molecule has 0 N–H and O–H groups in total. The van der Waals surface area contributed by atoms with Crippen molar-refractivity contribution in [2.45, 2.75) is 235 Å². The highest BCUT2D eigenvalue weighted by molar-refractivity contribution is 6.11. The Morgan fingerprint density at radius 3 is 0.750 bits per heavy atom.